The van der Waals surface area contributed by atoms with E-state index in [2.05, 4.69) is 13.8 Å². The van der Waals surface area contributed by atoms with Crippen molar-refractivity contribution in [3.63, 3.8) is 0 Å². The van der Waals surface area contributed by atoms with Crippen LogP contribution in [0.25, 0.3) is 11.1 Å². The van der Waals surface area contributed by atoms with Gasteiger partial charge in [0.2, 0.25) is 0 Å². The van der Waals surface area contributed by atoms with Gasteiger partial charge in [0.25, 0.3) is 0 Å². The van der Waals surface area contributed by atoms with Crippen LogP contribution in [-0.2, 0) is 16.6 Å². The summed E-state index contributed by atoms with van der Waals surface area (Å²) in [6.45, 7) is 4.48. The van der Waals surface area contributed by atoms with Crippen molar-refractivity contribution in [3.8, 4) is 11.1 Å². The molecule has 3 rings (SSSR count). The minimum absolute atomic E-state index is 0.134. The maximum atomic E-state index is 14.8. The topological polar surface area (TPSA) is 37.3 Å². The molecular formula is C38H57FO2. The van der Waals surface area contributed by atoms with Gasteiger partial charge < -0.3 is 5.11 Å². The van der Waals surface area contributed by atoms with Crippen LogP contribution in [-0.4, -0.2) is 11.1 Å². The summed E-state index contributed by atoms with van der Waals surface area (Å²) in [5, 5.41) is 10.3. The number of aryl methyl sites for hydroxylation is 1. The van der Waals surface area contributed by atoms with E-state index in [-0.39, 0.29) is 5.82 Å². The lowest BCUT2D eigenvalue weighted by molar-refractivity contribution is -0.145. The number of rotatable bonds is 20. The molecule has 0 spiro atoms. The van der Waals surface area contributed by atoms with Crippen molar-refractivity contribution in [2.75, 3.05) is 0 Å². The first-order chi connectivity index (χ1) is 20.0. The molecule has 0 unspecified atom stereocenters. The molecule has 0 radical (unpaired) electrons. The Hall–Kier alpha value is -2.16. The Bertz CT molecular complexity index is 1000. The summed E-state index contributed by atoms with van der Waals surface area (Å²) in [5.74, 6) is -0.175. The van der Waals surface area contributed by atoms with Gasteiger partial charge in [-0.2, -0.15) is 0 Å². The van der Waals surface area contributed by atoms with Gasteiger partial charge in [0.15, 0.2) is 0 Å². The predicted octanol–water partition coefficient (Wildman–Crippen LogP) is 11.8. The van der Waals surface area contributed by atoms with Crippen LogP contribution in [0.5, 0.6) is 0 Å². The predicted molar refractivity (Wildman–Crippen MR) is 172 cm³/mol. The number of unbranched alkanes of at least 4 members (excludes halogenated alkanes) is 13. The number of aliphatic carboxylic acids is 1. The molecule has 41 heavy (non-hydrogen) atoms. The van der Waals surface area contributed by atoms with Crippen molar-refractivity contribution >= 4 is 5.97 Å². The molecule has 0 heterocycles. The average molecular weight is 565 g/mol. The molecule has 0 atom stereocenters. The fourth-order valence-electron chi connectivity index (χ4n) is 6.84. The number of carboxylic acids is 1. The lowest BCUT2D eigenvalue weighted by Gasteiger charge is -2.37. The Balaban J connectivity index is 1.46. The van der Waals surface area contributed by atoms with Crippen LogP contribution in [0.15, 0.2) is 42.5 Å². The smallest absolute Gasteiger partial charge is 0.314 e. The second-order valence-electron chi connectivity index (χ2n) is 12.8. The molecule has 2 nitrogen and oxygen atoms in total. The van der Waals surface area contributed by atoms with Gasteiger partial charge in [-0.05, 0) is 72.8 Å². The van der Waals surface area contributed by atoms with Crippen LogP contribution in [0.2, 0.25) is 0 Å². The highest BCUT2D eigenvalue weighted by Crippen LogP contribution is 2.44. The minimum atomic E-state index is -0.792. The van der Waals surface area contributed by atoms with E-state index < -0.39 is 11.4 Å². The van der Waals surface area contributed by atoms with Crippen molar-refractivity contribution in [2.24, 2.45) is 5.92 Å². The van der Waals surface area contributed by atoms with Crippen LogP contribution in [0.3, 0.4) is 0 Å². The third-order valence-electron chi connectivity index (χ3n) is 9.71. The minimum Gasteiger partial charge on any atom is -0.481 e. The first-order valence-corrected chi connectivity index (χ1v) is 17.1. The second-order valence-corrected chi connectivity index (χ2v) is 12.8. The van der Waals surface area contributed by atoms with E-state index in [0.717, 1.165) is 54.4 Å². The van der Waals surface area contributed by atoms with Crippen LogP contribution < -0.4 is 0 Å². The highest BCUT2D eigenvalue weighted by molar-refractivity contribution is 5.82. The highest BCUT2D eigenvalue weighted by atomic mass is 19.1. The Morgan fingerprint density at radius 3 is 1.78 bits per heavy atom. The van der Waals surface area contributed by atoms with Crippen molar-refractivity contribution in [1.82, 2.24) is 0 Å². The highest BCUT2D eigenvalue weighted by Gasteiger charge is 2.43. The number of carboxylic acid groups (broad SMARTS) is 1. The van der Waals surface area contributed by atoms with Gasteiger partial charge in [0.1, 0.15) is 5.82 Å². The van der Waals surface area contributed by atoms with E-state index in [0.29, 0.717) is 18.8 Å². The van der Waals surface area contributed by atoms with E-state index in [9.17, 15) is 14.3 Å². The Kier molecular flexibility index (Phi) is 15.0. The Morgan fingerprint density at radius 2 is 1.24 bits per heavy atom. The number of benzene rings is 2. The van der Waals surface area contributed by atoms with Gasteiger partial charge in [0, 0.05) is 0 Å². The molecule has 1 N–H and O–H groups in total. The van der Waals surface area contributed by atoms with Gasteiger partial charge in [-0.25, -0.2) is 4.39 Å². The van der Waals surface area contributed by atoms with Crippen LogP contribution in [0.1, 0.15) is 153 Å². The fourth-order valence-corrected chi connectivity index (χ4v) is 6.84. The molecule has 1 fully saturated rings. The molecule has 1 aliphatic rings. The van der Waals surface area contributed by atoms with E-state index in [1.165, 1.54) is 89.9 Å². The molecule has 1 saturated carbocycles. The van der Waals surface area contributed by atoms with E-state index in [1.807, 2.05) is 36.4 Å². The summed E-state index contributed by atoms with van der Waals surface area (Å²) in [4.78, 5) is 12.6. The van der Waals surface area contributed by atoms with Gasteiger partial charge >= 0.3 is 5.97 Å². The number of carbonyl (C=O) groups is 1. The molecule has 2 aromatic rings. The quantitative estimate of drug-likeness (QED) is 0.162. The largest absolute Gasteiger partial charge is 0.481 e. The van der Waals surface area contributed by atoms with Crippen molar-refractivity contribution < 1.29 is 14.3 Å². The van der Waals surface area contributed by atoms with Crippen LogP contribution in [0.4, 0.5) is 4.39 Å². The molecule has 1 aliphatic carbocycles. The summed E-state index contributed by atoms with van der Waals surface area (Å²) in [6, 6.07) is 13.5. The summed E-state index contributed by atoms with van der Waals surface area (Å²) in [6.07, 6.45) is 24.9. The molecule has 2 aromatic carbocycles. The zero-order valence-corrected chi connectivity index (χ0v) is 26.2. The van der Waals surface area contributed by atoms with E-state index in [4.69, 9.17) is 0 Å². The number of hydrogen-bond donors (Lipinski definition) is 1. The van der Waals surface area contributed by atoms with Crippen molar-refractivity contribution in [2.45, 2.75) is 154 Å². The van der Waals surface area contributed by atoms with Gasteiger partial charge in [0.05, 0.1) is 5.41 Å². The second kappa shape index (κ2) is 18.4. The molecule has 228 valence electrons. The maximum Gasteiger partial charge on any atom is 0.314 e. The first-order valence-electron chi connectivity index (χ1n) is 17.1. The lowest BCUT2D eigenvalue weighted by atomic mass is 9.66. The number of halogens is 1. The molecule has 0 saturated heterocycles. The van der Waals surface area contributed by atoms with Crippen LogP contribution >= 0.6 is 0 Å². The van der Waals surface area contributed by atoms with Gasteiger partial charge in [-0.3, -0.25) is 4.79 Å². The summed E-state index contributed by atoms with van der Waals surface area (Å²) in [7, 11) is 0. The number of hydrogen-bond acceptors (Lipinski definition) is 1. The fraction of sp³-hybridized carbons (Fsp3) is 0.658. The first kappa shape index (κ1) is 33.3. The maximum absolute atomic E-state index is 14.8. The van der Waals surface area contributed by atoms with Gasteiger partial charge in [-0.15, -0.1) is 0 Å². The van der Waals surface area contributed by atoms with Gasteiger partial charge in [-0.1, -0.05) is 147 Å². The Morgan fingerprint density at radius 1 is 0.732 bits per heavy atom. The zero-order chi connectivity index (χ0) is 29.3. The Labute approximate surface area is 250 Å². The van der Waals surface area contributed by atoms with Crippen LogP contribution in [0, 0.1) is 11.7 Å². The van der Waals surface area contributed by atoms with E-state index in [1.54, 1.807) is 6.07 Å². The molecular weight excluding hydrogens is 507 g/mol. The van der Waals surface area contributed by atoms with Crippen molar-refractivity contribution in [1.29, 1.82) is 0 Å². The molecule has 0 aromatic heterocycles. The molecule has 3 heteroatoms. The average Bonchev–Trinajstić information content (AvgIpc) is 2.99. The SMILES string of the molecule is CCCCCCCCCCCCC1CCC(C(=O)O)(c2ccc(-c3ccc(CCCCCCC)c(F)c3)cc2)CC1. The normalized spacial score (nSPS) is 19.0. The standard InChI is InChI=1S/C38H57FO2/c1-3-5-7-9-10-11-12-13-15-16-18-31-26-28-38(29-27-31,37(40)41)35-24-22-32(23-25-35)34-21-20-33(36(39)30-34)19-17-14-8-6-4-2/h20-25,30-31H,3-19,26-29H2,1-2H3,(H,40,41). The lowest BCUT2D eigenvalue weighted by Crippen LogP contribution is -2.39. The third-order valence-corrected chi connectivity index (χ3v) is 9.71. The summed E-state index contributed by atoms with van der Waals surface area (Å²) < 4.78 is 14.8. The molecule has 0 amide bonds. The molecule has 0 bridgehead atoms. The monoisotopic (exact) mass is 564 g/mol. The summed E-state index contributed by atoms with van der Waals surface area (Å²) >= 11 is 0. The van der Waals surface area contributed by atoms with E-state index >= 15 is 0 Å². The zero-order valence-electron chi connectivity index (χ0n) is 26.2. The summed E-state index contributed by atoms with van der Waals surface area (Å²) in [5.41, 5.74) is 2.70. The van der Waals surface area contributed by atoms with Crippen molar-refractivity contribution in [3.05, 3.63) is 59.4 Å². The molecule has 0 aliphatic heterocycles. The third kappa shape index (κ3) is 10.6.